The first-order chi connectivity index (χ1) is 5.67. The van der Waals surface area contributed by atoms with Crippen LogP contribution < -0.4 is 0 Å². The molecule has 0 amide bonds. The third-order valence-electron chi connectivity index (χ3n) is 3.45. The second-order valence-corrected chi connectivity index (χ2v) is 4.02. The number of carboxylic acid groups (broad SMARTS) is 1. The summed E-state index contributed by atoms with van der Waals surface area (Å²) in [7, 11) is 0. The average molecular weight is 169 g/mol. The topological polar surface area (TPSA) is 40.5 Å². The van der Waals surface area contributed by atoms with Gasteiger partial charge in [-0.2, -0.15) is 0 Å². The van der Waals surface area contributed by atoms with Crippen molar-refractivity contribution in [3.63, 3.8) is 0 Å². The number of rotatable bonds is 1. The van der Waals surface area contributed by atoms with Gasteiger partial charge in [0.2, 0.25) is 0 Å². The van der Waals surface area contributed by atoms with Gasteiger partial charge in [-0.25, -0.2) is 0 Å². The van der Waals surface area contributed by atoms with E-state index in [1.807, 2.05) is 0 Å². The summed E-state index contributed by atoms with van der Waals surface area (Å²) in [4.78, 5) is 13.3. The second-order valence-electron chi connectivity index (χ2n) is 4.02. The SMILES string of the molecule is C[C@@H]1CC[C@@]2(C(=O)O)CCCN12. The molecule has 3 nitrogen and oxygen atoms in total. The van der Waals surface area contributed by atoms with Crippen LogP contribution in [0.4, 0.5) is 0 Å². The summed E-state index contributed by atoms with van der Waals surface area (Å²) in [5, 5.41) is 9.15. The van der Waals surface area contributed by atoms with Crippen LogP contribution in [0.1, 0.15) is 32.6 Å². The van der Waals surface area contributed by atoms with E-state index in [-0.39, 0.29) is 0 Å². The fraction of sp³-hybridized carbons (Fsp3) is 0.889. The van der Waals surface area contributed by atoms with Crippen molar-refractivity contribution in [1.29, 1.82) is 0 Å². The lowest BCUT2D eigenvalue weighted by atomic mass is 9.94. The van der Waals surface area contributed by atoms with Crippen molar-refractivity contribution in [3.8, 4) is 0 Å². The van der Waals surface area contributed by atoms with E-state index in [1.54, 1.807) is 0 Å². The Morgan fingerprint density at radius 1 is 1.58 bits per heavy atom. The molecule has 12 heavy (non-hydrogen) atoms. The van der Waals surface area contributed by atoms with Gasteiger partial charge in [-0.1, -0.05) is 0 Å². The molecule has 2 atom stereocenters. The molecule has 2 rings (SSSR count). The van der Waals surface area contributed by atoms with E-state index in [1.165, 1.54) is 0 Å². The van der Waals surface area contributed by atoms with Crippen LogP contribution in [0.3, 0.4) is 0 Å². The van der Waals surface area contributed by atoms with E-state index >= 15 is 0 Å². The monoisotopic (exact) mass is 169 g/mol. The fourth-order valence-electron chi connectivity index (χ4n) is 2.75. The highest BCUT2D eigenvalue weighted by Gasteiger charge is 2.52. The summed E-state index contributed by atoms with van der Waals surface area (Å²) < 4.78 is 0. The Hall–Kier alpha value is -0.570. The maximum atomic E-state index is 11.1. The lowest BCUT2D eigenvalue weighted by Gasteiger charge is -2.29. The predicted molar refractivity (Wildman–Crippen MR) is 45.0 cm³/mol. The van der Waals surface area contributed by atoms with Gasteiger partial charge >= 0.3 is 5.97 Å². The highest BCUT2D eigenvalue weighted by Crippen LogP contribution is 2.42. The van der Waals surface area contributed by atoms with Gasteiger partial charge in [-0.3, -0.25) is 9.69 Å². The Morgan fingerprint density at radius 3 is 2.92 bits per heavy atom. The summed E-state index contributed by atoms with van der Waals surface area (Å²) in [6.07, 6.45) is 3.80. The molecule has 0 aromatic rings. The van der Waals surface area contributed by atoms with Crippen molar-refractivity contribution in [2.75, 3.05) is 6.54 Å². The Balaban J connectivity index is 2.29. The molecule has 3 heteroatoms. The predicted octanol–water partition coefficient (Wildman–Crippen LogP) is 1.09. The Morgan fingerprint density at radius 2 is 2.33 bits per heavy atom. The van der Waals surface area contributed by atoms with Gasteiger partial charge in [0.25, 0.3) is 0 Å². The van der Waals surface area contributed by atoms with E-state index < -0.39 is 11.5 Å². The van der Waals surface area contributed by atoms with Gasteiger partial charge in [-0.05, 0) is 39.2 Å². The minimum Gasteiger partial charge on any atom is -0.480 e. The Bertz CT molecular complexity index is 217. The molecule has 2 saturated heterocycles. The van der Waals surface area contributed by atoms with Crippen molar-refractivity contribution in [1.82, 2.24) is 4.90 Å². The van der Waals surface area contributed by atoms with Crippen LogP contribution in [0.25, 0.3) is 0 Å². The van der Waals surface area contributed by atoms with Crippen molar-refractivity contribution in [2.45, 2.75) is 44.2 Å². The highest BCUT2D eigenvalue weighted by molar-refractivity contribution is 5.79. The van der Waals surface area contributed by atoms with Crippen LogP contribution in [0.5, 0.6) is 0 Å². The van der Waals surface area contributed by atoms with Crippen LogP contribution in [-0.2, 0) is 4.79 Å². The molecule has 0 aliphatic carbocycles. The zero-order chi connectivity index (χ0) is 8.77. The molecule has 1 N–H and O–H groups in total. The summed E-state index contributed by atoms with van der Waals surface area (Å²) >= 11 is 0. The molecule has 68 valence electrons. The molecule has 2 aliphatic heterocycles. The molecule has 2 heterocycles. The van der Waals surface area contributed by atoms with E-state index in [0.717, 1.165) is 32.2 Å². The first-order valence-electron chi connectivity index (χ1n) is 4.67. The molecular formula is C9H15NO2. The first-order valence-corrected chi connectivity index (χ1v) is 4.67. The summed E-state index contributed by atoms with van der Waals surface area (Å²) in [5.41, 5.74) is -0.473. The molecule has 0 bridgehead atoms. The van der Waals surface area contributed by atoms with Crippen molar-refractivity contribution >= 4 is 5.97 Å². The maximum Gasteiger partial charge on any atom is 0.324 e. The number of fused-ring (bicyclic) bond motifs is 1. The van der Waals surface area contributed by atoms with Gasteiger partial charge in [0.15, 0.2) is 0 Å². The zero-order valence-corrected chi connectivity index (χ0v) is 7.42. The molecule has 2 aliphatic rings. The summed E-state index contributed by atoms with van der Waals surface area (Å²) in [6.45, 7) is 3.11. The molecule has 0 aromatic carbocycles. The lowest BCUT2D eigenvalue weighted by Crippen LogP contribution is -2.47. The molecule has 0 unspecified atom stereocenters. The molecule has 2 fully saturated rings. The normalized spacial score (nSPS) is 41.6. The van der Waals surface area contributed by atoms with Crippen molar-refractivity contribution < 1.29 is 9.90 Å². The second kappa shape index (κ2) is 2.46. The Kier molecular flexibility index (Phi) is 1.65. The van der Waals surface area contributed by atoms with Crippen LogP contribution in [0, 0.1) is 0 Å². The average Bonchev–Trinajstić information content (AvgIpc) is 2.53. The number of carbonyl (C=O) groups is 1. The van der Waals surface area contributed by atoms with E-state index in [9.17, 15) is 4.79 Å². The number of aliphatic carboxylic acids is 1. The van der Waals surface area contributed by atoms with Crippen LogP contribution >= 0.6 is 0 Å². The summed E-state index contributed by atoms with van der Waals surface area (Å²) in [5.74, 6) is -0.607. The number of carboxylic acids is 1. The van der Waals surface area contributed by atoms with Gasteiger partial charge in [-0.15, -0.1) is 0 Å². The van der Waals surface area contributed by atoms with Gasteiger partial charge in [0, 0.05) is 6.04 Å². The fourth-order valence-corrected chi connectivity index (χ4v) is 2.75. The van der Waals surface area contributed by atoms with Gasteiger partial charge in [0.05, 0.1) is 0 Å². The number of hydrogen-bond donors (Lipinski definition) is 1. The first kappa shape index (κ1) is 8.05. The zero-order valence-electron chi connectivity index (χ0n) is 7.42. The summed E-state index contributed by atoms with van der Waals surface area (Å²) in [6, 6.07) is 0.476. The minimum atomic E-state index is -0.607. The lowest BCUT2D eigenvalue weighted by molar-refractivity contribution is -0.148. The maximum absolute atomic E-state index is 11.1. The molecule has 0 radical (unpaired) electrons. The largest absolute Gasteiger partial charge is 0.480 e. The van der Waals surface area contributed by atoms with Crippen LogP contribution in [0.15, 0.2) is 0 Å². The third kappa shape index (κ3) is 0.829. The Labute approximate surface area is 72.4 Å². The van der Waals surface area contributed by atoms with Crippen molar-refractivity contribution in [3.05, 3.63) is 0 Å². The van der Waals surface area contributed by atoms with E-state index in [2.05, 4.69) is 11.8 Å². The molecule has 0 spiro atoms. The standard InChI is InChI=1S/C9H15NO2/c1-7-3-5-9(8(11)12)4-2-6-10(7)9/h7H,2-6H2,1H3,(H,11,12)/t7-,9-/m1/s1. The van der Waals surface area contributed by atoms with Gasteiger partial charge in [0.1, 0.15) is 5.54 Å². The molecular weight excluding hydrogens is 154 g/mol. The smallest absolute Gasteiger partial charge is 0.324 e. The molecule has 0 saturated carbocycles. The van der Waals surface area contributed by atoms with Gasteiger partial charge < -0.3 is 5.11 Å². The van der Waals surface area contributed by atoms with E-state index in [4.69, 9.17) is 5.11 Å². The molecule has 0 aromatic heterocycles. The van der Waals surface area contributed by atoms with Crippen LogP contribution in [0.2, 0.25) is 0 Å². The van der Waals surface area contributed by atoms with E-state index in [0.29, 0.717) is 6.04 Å². The van der Waals surface area contributed by atoms with Crippen molar-refractivity contribution in [2.24, 2.45) is 0 Å². The van der Waals surface area contributed by atoms with Crippen LogP contribution in [-0.4, -0.2) is 34.1 Å². The minimum absolute atomic E-state index is 0.473. The highest BCUT2D eigenvalue weighted by atomic mass is 16.4. The quantitative estimate of drug-likeness (QED) is 0.638. The number of nitrogens with zero attached hydrogens (tertiary/aromatic N) is 1. The third-order valence-corrected chi connectivity index (χ3v) is 3.45. The number of hydrogen-bond acceptors (Lipinski definition) is 2.